The Morgan fingerprint density at radius 2 is 1.94 bits per heavy atom. The summed E-state index contributed by atoms with van der Waals surface area (Å²) < 4.78 is 5.18. The maximum absolute atomic E-state index is 11.4. The molecule has 3 nitrogen and oxygen atoms in total. The Kier molecular flexibility index (Phi) is 6.46. The van der Waals surface area contributed by atoms with Gasteiger partial charge in [0, 0.05) is 6.54 Å². The smallest absolute Gasteiger partial charge is 0.307 e. The van der Waals surface area contributed by atoms with Crippen LogP contribution in [0.3, 0.4) is 0 Å². The monoisotopic (exact) mass is 227 g/mol. The van der Waals surface area contributed by atoms with E-state index in [9.17, 15) is 4.79 Å². The Hall–Kier alpha value is -0.570. The number of carbonyl (C=O) groups is 1. The summed E-state index contributed by atoms with van der Waals surface area (Å²) in [6, 6.07) is 0. The van der Waals surface area contributed by atoms with Gasteiger partial charge in [-0.3, -0.25) is 4.79 Å². The van der Waals surface area contributed by atoms with E-state index in [0.29, 0.717) is 18.9 Å². The lowest BCUT2D eigenvalue weighted by Crippen LogP contribution is -2.32. The molecule has 0 aliphatic carbocycles. The Morgan fingerprint density at radius 1 is 1.25 bits per heavy atom. The molecule has 0 saturated carbocycles. The van der Waals surface area contributed by atoms with Crippen molar-refractivity contribution < 1.29 is 9.53 Å². The van der Waals surface area contributed by atoms with Crippen LogP contribution in [0.2, 0.25) is 0 Å². The van der Waals surface area contributed by atoms with Gasteiger partial charge < -0.3 is 9.64 Å². The van der Waals surface area contributed by atoms with Crippen molar-refractivity contribution in [2.24, 2.45) is 5.92 Å². The number of carbonyl (C=O) groups excluding carboxylic acids is 1. The van der Waals surface area contributed by atoms with E-state index >= 15 is 0 Å². The molecule has 0 radical (unpaired) electrons. The van der Waals surface area contributed by atoms with Crippen LogP contribution in [0.1, 0.15) is 46.0 Å². The van der Waals surface area contributed by atoms with E-state index in [1.54, 1.807) is 0 Å². The van der Waals surface area contributed by atoms with Gasteiger partial charge in [0.15, 0.2) is 0 Å². The number of nitrogens with zero attached hydrogens (tertiary/aromatic N) is 1. The van der Waals surface area contributed by atoms with Crippen LogP contribution in [0, 0.1) is 5.92 Å². The highest BCUT2D eigenvalue weighted by molar-refractivity contribution is 5.69. The second-order valence-electron chi connectivity index (χ2n) is 5.06. The van der Waals surface area contributed by atoms with Gasteiger partial charge in [0.25, 0.3) is 0 Å². The predicted molar refractivity (Wildman–Crippen MR) is 65.3 cm³/mol. The number of hydrogen-bond acceptors (Lipinski definition) is 3. The van der Waals surface area contributed by atoms with Crippen molar-refractivity contribution in [1.29, 1.82) is 0 Å². The van der Waals surface area contributed by atoms with E-state index < -0.39 is 0 Å². The second-order valence-corrected chi connectivity index (χ2v) is 5.06. The van der Waals surface area contributed by atoms with Crippen LogP contribution in [0.15, 0.2) is 0 Å². The summed E-state index contributed by atoms with van der Waals surface area (Å²) in [5, 5.41) is 0. The SMILES string of the molecule is CC(C)CCOC(=O)CCN1CCCCC1. The molecule has 0 spiro atoms. The molecule has 0 unspecified atom stereocenters. The Labute approximate surface area is 99.1 Å². The average molecular weight is 227 g/mol. The molecule has 0 aromatic heterocycles. The fourth-order valence-electron chi connectivity index (χ4n) is 1.91. The van der Waals surface area contributed by atoms with E-state index in [2.05, 4.69) is 18.7 Å². The fourth-order valence-corrected chi connectivity index (χ4v) is 1.91. The third-order valence-electron chi connectivity index (χ3n) is 3.04. The first-order chi connectivity index (χ1) is 7.68. The second kappa shape index (κ2) is 7.66. The molecule has 1 heterocycles. The molecule has 0 atom stereocenters. The predicted octanol–water partition coefficient (Wildman–Crippen LogP) is 2.45. The third-order valence-corrected chi connectivity index (χ3v) is 3.04. The molecule has 1 aliphatic rings. The molecule has 1 saturated heterocycles. The van der Waals surface area contributed by atoms with Crippen molar-refractivity contribution in [3.8, 4) is 0 Å². The summed E-state index contributed by atoms with van der Waals surface area (Å²) in [5.41, 5.74) is 0. The van der Waals surface area contributed by atoms with Gasteiger partial charge >= 0.3 is 5.97 Å². The van der Waals surface area contributed by atoms with Crippen LogP contribution in [0.4, 0.5) is 0 Å². The van der Waals surface area contributed by atoms with Crippen LogP contribution >= 0.6 is 0 Å². The highest BCUT2D eigenvalue weighted by atomic mass is 16.5. The minimum atomic E-state index is -0.0359. The van der Waals surface area contributed by atoms with Crippen molar-refractivity contribution in [2.75, 3.05) is 26.2 Å². The van der Waals surface area contributed by atoms with Crippen molar-refractivity contribution in [2.45, 2.75) is 46.0 Å². The summed E-state index contributed by atoms with van der Waals surface area (Å²) in [5.74, 6) is 0.570. The van der Waals surface area contributed by atoms with Gasteiger partial charge in [0.1, 0.15) is 0 Å². The van der Waals surface area contributed by atoms with Gasteiger partial charge in [-0.15, -0.1) is 0 Å². The molecule has 0 N–H and O–H groups in total. The number of piperidine rings is 1. The van der Waals surface area contributed by atoms with Gasteiger partial charge in [-0.1, -0.05) is 20.3 Å². The number of hydrogen-bond donors (Lipinski definition) is 0. The van der Waals surface area contributed by atoms with E-state index in [0.717, 1.165) is 26.1 Å². The van der Waals surface area contributed by atoms with Crippen LogP contribution in [0.5, 0.6) is 0 Å². The Bertz CT molecular complexity index is 198. The molecule has 16 heavy (non-hydrogen) atoms. The van der Waals surface area contributed by atoms with Crippen LogP contribution in [-0.2, 0) is 9.53 Å². The number of rotatable bonds is 6. The molecule has 1 rings (SSSR count). The van der Waals surface area contributed by atoms with Gasteiger partial charge in [0.05, 0.1) is 13.0 Å². The molecule has 0 bridgehead atoms. The van der Waals surface area contributed by atoms with Crippen molar-refractivity contribution >= 4 is 5.97 Å². The van der Waals surface area contributed by atoms with E-state index in [-0.39, 0.29) is 5.97 Å². The molecule has 1 aliphatic heterocycles. The number of esters is 1. The van der Waals surface area contributed by atoms with Gasteiger partial charge in [-0.25, -0.2) is 0 Å². The van der Waals surface area contributed by atoms with Crippen molar-refractivity contribution in [3.05, 3.63) is 0 Å². The maximum atomic E-state index is 11.4. The standard InChI is InChI=1S/C13H25NO2/c1-12(2)7-11-16-13(15)6-10-14-8-4-3-5-9-14/h12H,3-11H2,1-2H3. The first-order valence-electron chi connectivity index (χ1n) is 6.56. The fraction of sp³-hybridized carbons (Fsp3) is 0.923. The lowest BCUT2D eigenvalue weighted by atomic mass is 10.1. The summed E-state index contributed by atoms with van der Waals surface area (Å²) >= 11 is 0. The van der Waals surface area contributed by atoms with E-state index in [1.807, 2.05) is 0 Å². The van der Waals surface area contributed by atoms with Crippen molar-refractivity contribution in [1.82, 2.24) is 4.90 Å². The molecule has 0 aromatic rings. The van der Waals surface area contributed by atoms with Gasteiger partial charge in [-0.05, 0) is 38.3 Å². The zero-order valence-corrected chi connectivity index (χ0v) is 10.7. The summed E-state index contributed by atoms with van der Waals surface area (Å²) in [7, 11) is 0. The quantitative estimate of drug-likeness (QED) is 0.653. The summed E-state index contributed by atoms with van der Waals surface area (Å²) in [6.07, 6.45) is 5.42. The molecular formula is C13H25NO2. The average Bonchev–Trinajstić information content (AvgIpc) is 2.27. The van der Waals surface area contributed by atoms with Gasteiger partial charge in [-0.2, -0.15) is 0 Å². The summed E-state index contributed by atoms with van der Waals surface area (Å²) in [6.45, 7) is 8.04. The largest absolute Gasteiger partial charge is 0.466 e. The van der Waals surface area contributed by atoms with Gasteiger partial charge in [0.2, 0.25) is 0 Å². The third kappa shape index (κ3) is 6.11. The number of likely N-dealkylation sites (tertiary alicyclic amines) is 1. The summed E-state index contributed by atoms with van der Waals surface area (Å²) in [4.78, 5) is 13.8. The first kappa shape index (κ1) is 13.5. The lowest BCUT2D eigenvalue weighted by molar-refractivity contribution is -0.144. The van der Waals surface area contributed by atoms with Crippen LogP contribution in [0.25, 0.3) is 0 Å². The molecule has 94 valence electrons. The zero-order valence-electron chi connectivity index (χ0n) is 10.7. The highest BCUT2D eigenvalue weighted by Crippen LogP contribution is 2.09. The van der Waals surface area contributed by atoms with E-state index in [4.69, 9.17) is 4.74 Å². The molecule has 0 aromatic carbocycles. The van der Waals surface area contributed by atoms with E-state index in [1.165, 1.54) is 19.3 Å². The first-order valence-corrected chi connectivity index (χ1v) is 6.56. The molecule has 3 heteroatoms. The zero-order chi connectivity index (χ0) is 11.8. The van der Waals surface area contributed by atoms with Crippen LogP contribution in [-0.4, -0.2) is 37.1 Å². The lowest BCUT2D eigenvalue weighted by Gasteiger charge is -2.25. The normalized spacial score (nSPS) is 17.7. The number of ether oxygens (including phenoxy) is 1. The minimum Gasteiger partial charge on any atom is -0.466 e. The topological polar surface area (TPSA) is 29.5 Å². The molecular weight excluding hydrogens is 202 g/mol. The Balaban J connectivity index is 2.00. The molecule has 1 fully saturated rings. The van der Waals surface area contributed by atoms with Crippen molar-refractivity contribution in [3.63, 3.8) is 0 Å². The highest BCUT2D eigenvalue weighted by Gasteiger charge is 2.12. The molecule has 0 amide bonds. The Morgan fingerprint density at radius 3 is 2.56 bits per heavy atom. The maximum Gasteiger partial charge on any atom is 0.307 e. The van der Waals surface area contributed by atoms with Crippen LogP contribution < -0.4 is 0 Å². The minimum absolute atomic E-state index is 0.0359.